The zero-order valence-electron chi connectivity index (χ0n) is 13.5. The molecule has 1 radical (unpaired) electrons. The molecule has 1 aromatic rings. The Morgan fingerprint density at radius 2 is 2.05 bits per heavy atom. The van der Waals surface area contributed by atoms with Gasteiger partial charge >= 0.3 is 0 Å². The Kier molecular flexibility index (Phi) is 5.50. The SMILES string of the molecule is COCC1(C)CCCC2(C)c3cc(O)ccc3CCC12.[Ac]. The molecule has 0 aromatic heterocycles. The van der Waals surface area contributed by atoms with Crippen molar-refractivity contribution < 1.29 is 53.9 Å². The molecule has 0 saturated heterocycles. The van der Waals surface area contributed by atoms with Gasteiger partial charge in [-0.25, -0.2) is 0 Å². The number of hydrogen-bond donors (Lipinski definition) is 1. The van der Waals surface area contributed by atoms with Crippen LogP contribution in [-0.2, 0) is 16.6 Å². The van der Waals surface area contributed by atoms with Crippen LogP contribution in [0.1, 0.15) is 50.7 Å². The fraction of sp³-hybridized carbons (Fsp3) is 0.667. The molecule has 3 unspecified atom stereocenters. The molecule has 1 saturated carbocycles. The molecule has 3 atom stereocenters. The van der Waals surface area contributed by atoms with Gasteiger partial charge in [-0.3, -0.25) is 0 Å². The van der Waals surface area contributed by atoms with Crippen molar-refractivity contribution in [3.8, 4) is 5.75 Å². The number of fused-ring (bicyclic) bond motifs is 3. The Labute approximate surface area is 164 Å². The van der Waals surface area contributed by atoms with Gasteiger partial charge in [-0.2, -0.15) is 0 Å². The van der Waals surface area contributed by atoms with Crippen LogP contribution in [0.15, 0.2) is 18.2 Å². The molecule has 3 heteroatoms. The molecule has 1 N–H and O–H groups in total. The Bertz CT molecular complexity index is 512. The van der Waals surface area contributed by atoms with Gasteiger partial charge in [0.15, 0.2) is 0 Å². The Morgan fingerprint density at radius 3 is 2.76 bits per heavy atom. The molecule has 2 aliphatic rings. The summed E-state index contributed by atoms with van der Waals surface area (Å²) in [7, 11) is 1.82. The van der Waals surface area contributed by atoms with E-state index in [0.717, 1.165) is 13.0 Å². The first-order valence-electron chi connectivity index (χ1n) is 7.81. The minimum absolute atomic E-state index is 0. The Morgan fingerprint density at radius 1 is 1.29 bits per heavy atom. The van der Waals surface area contributed by atoms with Gasteiger partial charge in [-0.15, -0.1) is 0 Å². The minimum Gasteiger partial charge on any atom is -0.508 e. The van der Waals surface area contributed by atoms with Gasteiger partial charge in [-0.05, 0) is 65.7 Å². The summed E-state index contributed by atoms with van der Waals surface area (Å²) in [5.74, 6) is 1.06. The maximum atomic E-state index is 9.90. The maximum Gasteiger partial charge on any atom is 0.115 e. The molecule has 0 aliphatic heterocycles. The number of rotatable bonds is 2. The van der Waals surface area contributed by atoms with E-state index in [1.807, 2.05) is 19.2 Å². The first-order chi connectivity index (χ1) is 9.49. The fourth-order valence-electron chi connectivity index (χ4n) is 5.08. The van der Waals surface area contributed by atoms with E-state index in [9.17, 15) is 5.11 Å². The predicted molar refractivity (Wildman–Crippen MR) is 81.1 cm³/mol. The summed E-state index contributed by atoms with van der Waals surface area (Å²) in [5, 5.41) is 9.90. The summed E-state index contributed by atoms with van der Waals surface area (Å²) in [6, 6.07) is 5.97. The second-order valence-electron chi connectivity index (χ2n) is 7.29. The zero-order chi connectivity index (χ0) is 14.4. The number of phenols is 1. The van der Waals surface area contributed by atoms with Crippen LogP contribution in [-0.4, -0.2) is 18.8 Å². The summed E-state index contributed by atoms with van der Waals surface area (Å²) in [5.41, 5.74) is 3.28. The van der Waals surface area contributed by atoms with Gasteiger partial charge in [0, 0.05) is 51.2 Å². The normalized spacial score (nSPS) is 34.5. The average molecular weight is 501 g/mol. The van der Waals surface area contributed by atoms with Crippen molar-refractivity contribution in [2.24, 2.45) is 11.3 Å². The van der Waals surface area contributed by atoms with E-state index in [4.69, 9.17) is 4.74 Å². The molecule has 21 heavy (non-hydrogen) atoms. The van der Waals surface area contributed by atoms with E-state index in [0.29, 0.717) is 11.7 Å². The molecule has 2 nitrogen and oxygen atoms in total. The number of aryl methyl sites for hydroxylation is 1. The molecule has 0 amide bonds. The molecular weight excluding hydrogens is 475 g/mol. The van der Waals surface area contributed by atoms with Crippen LogP contribution in [0.3, 0.4) is 0 Å². The molecule has 3 rings (SSSR count). The van der Waals surface area contributed by atoms with Crippen molar-refractivity contribution >= 4 is 0 Å². The van der Waals surface area contributed by atoms with Crippen LogP contribution in [0.5, 0.6) is 5.75 Å². The van der Waals surface area contributed by atoms with Crippen molar-refractivity contribution in [3.05, 3.63) is 29.3 Å². The molecule has 0 spiro atoms. The van der Waals surface area contributed by atoms with E-state index in [1.165, 1.54) is 36.8 Å². The summed E-state index contributed by atoms with van der Waals surface area (Å²) in [4.78, 5) is 0. The van der Waals surface area contributed by atoms with E-state index >= 15 is 0 Å². The number of aromatic hydroxyl groups is 1. The smallest absolute Gasteiger partial charge is 0.115 e. The van der Waals surface area contributed by atoms with Gasteiger partial charge in [0.25, 0.3) is 0 Å². The fourth-order valence-corrected chi connectivity index (χ4v) is 5.08. The average Bonchev–Trinajstić information content (AvgIpc) is 2.39. The molecule has 1 fully saturated rings. The Hall–Kier alpha value is 0.422. The molecule has 1 aromatic carbocycles. The standard InChI is InChI=1S/C18H26O2.Ac/c1-17(12-20-3)9-4-10-18(2)15-11-14(19)7-5-13(15)6-8-16(17)18;/h5,7,11,16,19H,4,6,8-10,12H2,1-3H3;. The number of ether oxygens (including phenoxy) is 1. The second-order valence-corrected chi connectivity index (χ2v) is 7.29. The quantitative estimate of drug-likeness (QED) is 0.663. The Balaban J connectivity index is 0.00000161. The van der Waals surface area contributed by atoms with Gasteiger partial charge < -0.3 is 9.84 Å². The molecule has 113 valence electrons. The minimum atomic E-state index is 0. The maximum absolute atomic E-state index is 9.90. The zero-order valence-corrected chi connectivity index (χ0v) is 18.2. The van der Waals surface area contributed by atoms with Gasteiger partial charge in [0.2, 0.25) is 0 Å². The number of phenolic OH excluding ortho intramolecular Hbond substituents is 1. The van der Waals surface area contributed by atoms with Crippen LogP contribution in [0, 0.1) is 55.4 Å². The summed E-state index contributed by atoms with van der Waals surface area (Å²) in [6.07, 6.45) is 6.12. The van der Waals surface area contributed by atoms with Gasteiger partial charge in [-0.1, -0.05) is 26.3 Å². The molecule has 0 heterocycles. The number of benzene rings is 1. The van der Waals surface area contributed by atoms with E-state index in [1.54, 1.807) is 0 Å². The topological polar surface area (TPSA) is 29.5 Å². The first-order valence-corrected chi connectivity index (χ1v) is 7.81. The van der Waals surface area contributed by atoms with Gasteiger partial charge in [0.1, 0.15) is 5.75 Å². The van der Waals surface area contributed by atoms with Crippen molar-refractivity contribution in [1.82, 2.24) is 0 Å². The molecule has 0 bridgehead atoms. The van der Waals surface area contributed by atoms with Crippen molar-refractivity contribution in [2.45, 2.75) is 51.4 Å². The van der Waals surface area contributed by atoms with Crippen molar-refractivity contribution in [3.63, 3.8) is 0 Å². The van der Waals surface area contributed by atoms with E-state index < -0.39 is 0 Å². The van der Waals surface area contributed by atoms with Crippen LogP contribution in [0.2, 0.25) is 0 Å². The summed E-state index contributed by atoms with van der Waals surface area (Å²) in [6.45, 7) is 5.65. The first kappa shape index (κ1) is 17.8. The van der Waals surface area contributed by atoms with Crippen LogP contribution >= 0.6 is 0 Å². The third-order valence-electron chi connectivity index (χ3n) is 5.94. The summed E-state index contributed by atoms with van der Waals surface area (Å²) < 4.78 is 5.54. The second kappa shape index (κ2) is 6.50. The van der Waals surface area contributed by atoms with E-state index in [2.05, 4.69) is 19.9 Å². The van der Waals surface area contributed by atoms with Crippen LogP contribution in [0.25, 0.3) is 0 Å². The van der Waals surface area contributed by atoms with Crippen molar-refractivity contribution in [2.75, 3.05) is 13.7 Å². The summed E-state index contributed by atoms with van der Waals surface area (Å²) >= 11 is 0. The monoisotopic (exact) mass is 501 g/mol. The van der Waals surface area contributed by atoms with Crippen molar-refractivity contribution in [1.29, 1.82) is 0 Å². The van der Waals surface area contributed by atoms with Gasteiger partial charge in [0.05, 0.1) is 6.61 Å². The van der Waals surface area contributed by atoms with E-state index in [-0.39, 0.29) is 54.9 Å². The number of hydrogen-bond acceptors (Lipinski definition) is 2. The number of methoxy groups -OCH3 is 1. The molecular formula is C18H26AcO2. The van der Waals surface area contributed by atoms with Crippen LogP contribution in [0.4, 0.5) is 0 Å². The van der Waals surface area contributed by atoms with Crippen LogP contribution < -0.4 is 0 Å². The third-order valence-corrected chi connectivity index (χ3v) is 5.94. The largest absolute Gasteiger partial charge is 0.508 e. The third kappa shape index (κ3) is 2.96. The molecule has 2 aliphatic carbocycles. The predicted octanol–water partition coefficient (Wildman–Crippen LogP) is 4.05.